The van der Waals surface area contributed by atoms with Crippen LogP contribution < -0.4 is 0 Å². The van der Waals surface area contributed by atoms with Crippen LogP contribution in [0.1, 0.15) is 51.4 Å². The first-order valence-corrected chi connectivity index (χ1v) is 6.35. The fourth-order valence-corrected chi connectivity index (χ4v) is 2.71. The quantitative estimate of drug-likeness (QED) is 0.773. The second-order valence-electron chi connectivity index (χ2n) is 4.91. The van der Waals surface area contributed by atoms with Gasteiger partial charge in [0.1, 0.15) is 0 Å². The summed E-state index contributed by atoms with van der Waals surface area (Å²) in [6.45, 7) is 0.818. The van der Waals surface area contributed by atoms with Gasteiger partial charge in [0.25, 0.3) is 0 Å². The van der Waals surface area contributed by atoms with Crippen molar-refractivity contribution in [2.24, 2.45) is 5.92 Å². The van der Waals surface area contributed by atoms with E-state index in [1.807, 2.05) is 0 Å². The lowest BCUT2D eigenvalue weighted by molar-refractivity contribution is 0.155. The fourth-order valence-electron chi connectivity index (χ4n) is 2.71. The normalized spacial score (nSPS) is 24.7. The van der Waals surface area contributed by atoms with Gasteiger partial charge in [-0.1, -0.05) is 25.7 Å². The van der Waals surface area contributed by atoms with Crippen molar-refractivity contribution in [2.75, 3.05) is 6.61 Å². The summed E-state index contributed by atoms with van der Waals surface area (Å²) in [6, 6.07) is 0. The topological polar surface area (TPSA) is 29.5 Å². The van der Waals surface area contributed by atoms with Crippen molar-refractivity contribution >= 4 is 0 Å². The molecule has 2 nitrogen and oxygen atoms in total. The molecule has 0 aromatic rings. The van der Waals surface area contributed by atoms with E-state index < -0.39 is 0 Å². The average Bonchev–Trinajstić information content (AvgIpc) is 2.80. The van der Waals surface area contributed by atoms with Gasteiger partial charge in [0.2, 0.25) is 0 Å². The summed E-state index contributed by atoms with van der Waals surface area (Å²) in [7, 11) is 0. The van der Waals surface area contributed by atoms with E-state index in [2.05, 4.69) is 0 Å². The molecular formula is C13H22O2. The molecule has 1 N–H and O–H groups in total. The van der Waals surface area contributed by atoms with Crippen molar-refractivity contribution in [3.05, 3.63) is 11.8 Å². The van der Waals surface area contributed by atoms with Crippen LogP contribution in [0.3, 0.4) is 0 Å². The van der Waals surface area contributed by atoms with Gasteiger partial charge in [-0.25, -0.2) is 0 Å². The Morgan fingerprint density at radius 2 is 2.13 bits per heavy atom. The van der Waals surface area contributed by atoms with Gasteiger partial charge < -0.3 is 9.84 Å². The Labute approximate surface area is 92.3 Å². The van der Waals surface area contributed by atoms with Crippen LogP contribution in [-0.4, -0.2) is 17.8 Å². The lowest BCUT2D eigenvalue weighted by Crippen LogP contribution is -2.15. The number of hydrogen-bond acceptors (Lipinski definition) is 2. The molecule has 1 atom stereocenters. The maximum Gasteiger partial charge on any atom is 0.0876 e. The lowest BCUT2D eigenvalue weighted by atomic mass is 9.95. The molecule has 2 heteroatoms. The smallest absolute Gasteiger partial charge is 0.0876 e. The monoisotopic (exact) mass is 210 g/mol. The molecule has 15 heavy (non-hydrogen) atoms. The zero-order chi connectivity index (χ0) is 10.5. The molecule has 2 rings (SSSR count). The van der Waals surface area contributed by atoms with Crippen molar-refractivity contribution < 1.29 is 9.84 Å². The van der Waals surface area contributed by atoms with E-state index in [-0.39, 0.29) is 6.10 Å². The van der Waals surface area contributed by atoms with E-state index >= 15 is 0 Å². The third kappa shape index (κ3) is 3.23. The van der Waals surface area contributed by atoms with Gasteiger partial charge in [-0.2, -0.15) is 0 Å². The molecule has 1 unspecified atom stereocenters. The van der Waals surface area contributed by atoms with Gasteiger partial charge in [-0.3, -0.25) is 0 Å². The standard InChI is InChI=1S/C13H22O2/c14-13(12-6-3-9-15-10-12)8-7-11-4-1-2-5-11/h10-11,13-14H,1-9H2. The molecule has 0 spiro atoms. The Bertz CT molecular complexity index is 217. The van der Waals surface area contributed by atoms with E-state index in [4.69, 9.17) is 4.74 Å². The summed E-state index contributed by atoms with van der Waals surface area (Å²) in [5.41, 5.74) is 1.11. The maximum atomic E-state index is 9.99. The van der Waals surface area contributed by atoms with Crippen molar-refractivity contribution in [1.29, 1.82) is 0 Å². The molecule has 0 radical (unpaired) electrons. The van der Waals surface area contributed by atoms with E-state index in [1.165, 1.54) is 32.1 Å². The molecule has 0 saturated heterocycles. The first-order chi connectivity index (χ1) is 7.36. The van der Waals surface area contributed by atoms with Crippen molar-refractivity contribution in [2.45, 2.75) is 57.5 Å². The van der Waals surface area contributed by atoms with Gasteiger partial charge >= 0.3 is 0 Å². The number of aliphatic hydroxyl groups excluding tert-OH is 1. The molecule has 1 aliphatic carbocycles. The highest BCUT2D eigenvalue weighted by atomic mass is 16.5. The number of ether oxygens (including phenoxy) is 1. The molecule has 0 aromatic heterocycles. The first kappa shape index (κ1) is 11.0. The highest BCUT2D eigenvalue weighted by molar-refractivity contribution is 5.06. The average molecular weight is 210 g/mol. The van der Waals surface area contributed by atoms with Crippen LogP contribution >= 0.6 is 0 Å². The van der Waals surface area contributed by atoms with Gasteiger partial charge in [-0.15, -0.1) is 0 Å². The fraction of sp³-hybridized carbons (Fsp3) is 0.846. The largest absolute Gasteiger partial charge is 0.501 e. The minimum absolute atomic E-state index is 0.245. The second kappa shape index (κ2) is 5.55. The molecule has 1 saturated carbocycles. The van der Waals surface area contributed by atoms with Crippen LogP contribution in [0.2, 0.25) is 0 Å². The number of rotatable bonds is 4. The van der Waals surface area contributed by atoms with Crippen LogP contribution in [0, 0.1) is 5.92 Å². The summed E-state index contributed by atoms with van der Waals surface area (Å²) in [5, 5.41) is 9.99. The molecule has 0 aromatic carbocycles. The molecule has 2 aliphatic rings. The molecule has 1 aliphatic heterocycles. The van der Waals surface area contributed by atoms with Crippen LogP contribution in [0.25, 0.3) is 0 Å². The second-order valence-corrected chi connectivity index (χ2v) is 4.91. The third-order valence-electron chi connectivity index (χ3n) is 3.71. The molecule has 1 heterocycles. The molecular weight excluding hydrogens is 188 g/mol. The molecule has 0 bridgehead atoms. The van der Waals surface area contributed by atoms with E-state index in [1.54, 1.807) is 6.26 Å². The Kier molecular flexibility index (Phi) is 4.07. The van der Waals surface area contributed by atoms with Crippen LogP contribution in [0.15, 0.2) is 11.8 Å². The van der Waals surface area contributed by atoms with Gasteiger partial charge in [0.15, 0.2) is 0 Å². The zero-order valence-corrected chi connectivity index (χ0v) is 9.45. The van der Waals surface area contributed by atoms with Crippen molar-refractivity contribution in [1.82, 2.24) is 0 Å². The van der Waals surface area contributed by atoms with Crippen molar-refractivity contribution in [3.63, 3.8) is 0 Å². The summed E-state index contributed by atoms with van der Waals surface area (Å²) in [5.74, 6) is 0.879. The zero-order valence-electron chi connectivity index (χ0n) is 9.45. The molecule has 1 fully saturated rings. The predicted molar refractivity (Wildman–Crippen MR) is 60.5 cm³/mol. The van der Waals surface area contributed by atoms with E-state index in [0.29, 0.717) is 0 Å². The first-order valence-electron chi connectivity index (χ1n) is 6.35. The summed E-state index contributed by atoms with van der Waals surface area (Å²) in [6.07, 6.45) is 11.3. The molecule has 86 valence electrons. The van der Waals surface area contributed by atoms with Crippen molar-refractivity contribution in [3.8, 4) is 0 Å². The van der Waals surface area contributed by atoms with E-state index in [9.17, 15) is 5.11 Å². The van der Waals surface area contributed by atoms with Gasteiger partial charge in [0, 0.05) is 0 Å². The van der Waals surface area contributed by atoms with Gasteiger partial charge in [0.05, 0.1) is 19.0 Å². The highest BCUT2D eigenvalue weighted by Gasteiger charge is 2.19. The van der Waals surface area contributed by atoms with Crippen LogP contribution in [-0.2, 0) is 4.74 Å². The highest BCUT2D eigenvalue weighted by Crippen LogP contribution is 2.30. The van der Waals surface area contributed by atoms with Gasteiger partial charge in [-0.05, 0) is 37.2 Å². The maximum absolute atomic E-state index is 9.99. The Balaban J connectivity index is 1.71. The number of aliphatic hydroxyl groups is 1. The Morgan fingerprint density at radius 3 is 2.80 bits per heavy atom. The SMILES string of the molecule is OC(CCC1CCCC1)C1=COCCC1. The van der Waals surface area contributed by atoms with Crippen LogP contribution in [0.5, 0.6) is 0 Å². The summed E-state index contributed by atoms with van der Waals surface area (Å²) >= 11 is 0. The van der Waals surface area contributed by atoms with Crippen LogP contribution in [0.4, 0.5) is 0 Å². The minimum Gasteiger partial charge on any atom is -0.501 e. The van der Waals surface area contributed by atoms with E-state index in [0.717, 1.165) is 37.4 Å². The molecule has 0 amide bonds. The summed E-state index contributed by atoms with van der Waals surface area (Å²) in [4.78, 5) is 0. The Morgan fingerprint density at radius 1 is 1.33 bits per heavy atom. The number of hydrogen-bond donors (Lipinski definition) is 1. The summed E-state index contributed by atoms with van der Waals surface area (Å²) < 4.78 is 5.25. The minimum atomic E-state index is -0.245. The lowest BCUT2D eigenvalue weighted by Gasteiger charge is -2.20. The predicted octanol–water partition coefficient (Wildman–Crippen LogP) is 3.01. The Hall–Kier alpha value is -0.500. The third-order valence-corrected chi connectivity index (χ3v) is 3.71.